The molecule has 14 heavy (non-hydrogen) atoms. The van der Waals surface area contributed by atoms with E-state index in [1.807, 2.05) is 13.8 Å². The van der Waals surface area contributed by atoms with Crippen molar-refractivity contribution >= 4 is 5.78 Å². The van der Waals surface area contributed by atoms with E-state index in [1.165, 1.54) is 13.0 Å². The average molecular weight is 196 g/mol. The Morgan fingerprint density at radius 1 is 1.21 bits per heavy atom. The predicted molar refractivity (Wildman–Crippen MR) is 57.2 cm³/mol. The predicted octanol–water partition coefficient (Wildman–Crippen LogP) is 3.67. The van der Waals surface area contributed by atoms with Gasteiger partial charge in [-0.1, -0.05) is 19.9 Å². The van der Waals surface area contributed by atoms with Gasteiger partial charge in [0.1, 0.15) is 5.82 Å². The monoisotopic (exact) mass is 196 g/mol. The van der Waals surface area contributed by atoms with E-state index in [2.05, 4.69) is 0 Å². The number of ketones is 1. The summed E-state index contributed by atoms with van der Waals surface area (Å²) in [5.74, 6) is -0.634. The van der Waals surface area contributed by atoms with Crippen molar-refractivity contribution in [1.29, 1.82) is 0 Å². The van der Waals surface area contributed by atoms with Gasteiger partial charge in [-0.3, -0.25) is 4.79 Å². The largest absolute Gasteiger partial charge is 0.294 e. The second-order valence-corrected chi connectivity index (χ2v) is 2.99. The van der Waals surface area contributed by atoms with Gasteiger partial charge in [-0.25, -0.2) is 4.39 Å². The van der Waals surface area contributed by atoms with Gasteiger partial charge in [0.2, 0.25) is 0 Å². The first kappa shape index (κ1) is 12.8. The molecule has 78 valence electrons. The molecule has 0 bridgehead atoms. The summed E-state index contributed by atoms with van der Waals surface area (Å²) in [4.78, 5) is 11.0. The molecule has 0 aliphatic heterocycles. The van der Waals surface area contributed by atoms with Crippen LogP contribution in [0.25, 0.3) is 0 Å². The maximum absolute atomic E-state index is 13.1. The molecule has 0 aliphatic rings. The van der Waals surface area contributed by atoms with Crippen LogP contribution >= 0.6 is 0 Å². The molecule has 0 spiro atoms. The summed E-state index contributed by atoms with van der Waals surface area (Å²) in [5.41, 5.74) is 1.76. The molecule has 0 unspecified atom stereocenters. The first-order valence-electron chi connectivity index (χ1n) is 4.80. The molecular formula is C12H17FO. The molecule has 0 aliphatic carbocycles. The molecule has 1 rings (SSSR count). The fraction of sp³-hybridized carbons (Fsp3) is 0.417. The number of carbonyl (C=O) groups is 1. The van der Waals surface area contributed by atoms with Crippen LogP contribution in [-0.4, -0.2) is 5.78 Å². The molecule has 0 saturated heterocycles. The second-order valence-electron chi connectivity index (χ2n) is 2.99. The Kier molecular flexibility index (Phi) is 5.06. The molecule has 0 saturated carbocycles. The molecule has 0 radical (unpaired) electrons. The minimum Gasteiger partial charge on any atom is -0.294 e. The summed E-state index contributed by atoms with van der Waals surface area (Å²) in [6.07, 6.45) is 0. The molecule has 0 fully saturated rings. The molecule has 0 N–H and O–H groups in total. The van der Waals surface area contributed by atoms with Gasteiger partial charge in [0, 0.05) is 0 Å². The Labute approximate surface area is 85.0 Å². The molecule has 0 heterocycles. The lowest BCUT2D eigenvalue weighted by Gasteiger charge is -2.04. The van der Waals surface area contributed by atoms with E-state index in [0.29, 0.717) is 5.56 Å². The van der Waals surface area contributed by atoms with E-state index >= 15 is 0 Å². The summed E-state index contributed by atoms with van der Waals surface area (Å²) >= 11 is 0. The van der Waals surface area contributed by atoms with Crippen molar-refractivity contribution in [3.63, 3.8) is 0 Å². The lowest BCUT2D eigenvalue weighted by molar-refractivity contribution is 0.101. The Morgan fingerprint density at radius 3 is 2.07 bits per heavy atom. The minimum atomic E-state index is -0.417. The summed E-state index contributed by atoms with van der Waals surface area (Å²) in [5, 5.41) is 0. The lowest BCUT2D eigenvalue weighted by Crippen LogP contribution is -2.01. The SMILES string of the molecule is CC.CC(=O)c1c(C)cc(C)cc1F. The molecular weight excluding hydrogens is 179 g/mol. The number of carbonyl (C=O) groups excluding carboxylic acids is 1. The minimum absolute atomic E-state index is 0.209. The summed E-state index contributed by atoms with van der Waals surface area (Å²) < 4.78 is 13.1. The number of hydrogen-bond donors (Lipinski definition) is 0. The van der Waals surface area contributed by atoms with Crippen LogP contribution in [0, 0.1) is 19.7 Å². The number of aryl methyl sites for hydroxylation is 2. The van der Waals surface area contributed by atoms with Crippen LogP contribution in [0.3, 0.4) is 0 Å². The normalized spacial score (nSPS) is 9.00. The molecule has 1 aromatic carbocycles. The zero-order chi connectivity index (χ0) is 11.3. The Morgan fingerprint density at radius 2 is 1.71 bits per heavy atom. The van der Waals surface area contributed by atoms with Gasteiger partial charge < -0.3 is 0 Å². The average Bonchev–Trinajstić information content (AvgIpc) is 2.04. The fourth-order valence-corrected chi connectivity index (χ4v) is 1.36. The van der Waals surface area contributed by atoms with Gasteiger partial charge >= 0.3 is 0 Å². The van der Waals surface area contributed by atoms with Crippen molar-refractivity contribution in [2.75, 3.05) is 0 Å². The van der Waals surface area contributed by atoms with Gasteiger partial charge in [0.05, 0.1) is 5.56 Å². The molecule has 1 nitrogen and oxygen atoms in total. The van der Waals surface area contributed by atoms with Gasteiger partial charge in [0.15, 0.2) is 5.78 Å². The maximum Gasteiger partial charge on any atom is 0.163 e. The van der Waals surface area contributed by atoms with Crippen LogP contribution < -0.4 is 0 Å². The summed E-state index contributed by atoms with van der Waals surface area (Å²) in [7, 11) is 0. The van der Waals surface area contributed by atoms with E-state index in [0.717, 1.165) is 5.56 Å². The Bertz CT molecular complexity index is 306. The van der Waals surface area contributed by atoms with E-state index in [4.69, 9.17) is 0 Å². The number of Topliss-reactive ketones (excluding diaryl/α,β-unsaturated/α-hetero) is 1. The number of rotatable bonds is 1. The van der Waals surface area contributed by atoms with Gasteiger partial charge in [-0.15, -0.1) is 0 Å². The van der Waals surface area contributed by atoms with Crippen LogP contribution in [-0.2, 0) is 0 Å². The topological polar surface area (TPSA) is 17.1 Å². The number of hydrogen-bond acceptors (Lipinski definition) is 1. The smallest absolute Gasteiger partial charge is 0.163 e. The van der Waals surface area contributed by atoms with Crippen molar-refractivity contribution in [1.82, 2.24) is 0 Å². The number of halogens is 1. The quantitative estimate of drug-likeness (QED) is 0.626. The van der Waals surface area contributed by atoms with Crippen molar-refractivity contribution < 1.29 is 9.18 Å². The molecule has 0 amide bonds. The van der Waals surface area contributed by atoms with Crippen molar-refractivity contribution in [3.8, 4) is 0 Å². The summed E-state index contributed by atoms with van der Waals surface area (Å²) in [6.45, 7) is 8.92. The zero-order valence-corrected chi connectivity index (χ0v) is 9.44. The van der Waals surface area contributed by atoms with Crippen LogP contribution in [0.2, 0.25) is 0 Å². The summed E-state index contributed by atoms with van der Waals surface area (Å²) in [6, 6.07) is 3.18. The van der Waals surface area contributed by atoms with Crippen molar-refractivity contribution in [2.24, 2.45) is 0 Å². The van der Waals surface area contributed by atoms with Gasteiger partial charge in [0.25, 0.3) is 0 Å². The van der Waals surface area contributed by atoms with E-state index in [9.17, 15) is 9.18 Å². The third-order valence-corrected chi connectivity index (χ3v) is 1.78. The highest BCUT2D eigenvalue weighted by Gasteiger charge is 2.10. The molecule has 0 atom stereocenters. The van der Waals surface area contributed by atoms with Crippen LogP contribution in [0.4, 0.5) is 4.39 Å². The molecule has 0 aromatic heterocycles. The van der Waals surface area contributed by atoms with Gasteiger partial charge in [-0.05, 0) is 38.0 Å². The molecule has 2 heteroatoms. The van der Waals surface area contributed by atoms with Crippen molar-refractivity contribution in [2.45, 2.75) is 34.6 Å². The van der Waals surface area contributed by atoms with Gasteiger partial charge in [-0.2, -0.15) is 0 Å². The van der Waals surface area contributed by atoms with Crippen molar-refractivity contribution in [3.05, 3.63) is 34.6 Å². The van der Waals surface area contributed by atoms with Crippen LogP contribution in [0.1, 0.15) is 42.3 Å². The first-order chi connectivity index (χ1) is 6.52. The standard InChI is InChI=1S/C10H11FO.C2H6/c1-6-4-7(2)10(8(3)12)9(11)5-6;1-2/h4-5H,1-3H3;1-2H3. The highest BCUT2D eigenvalue weighted by Crippen LogP contribution is 2.15. The highest BCUT2D eigenvalue weighted by molar-refractivity contribution is 5.95. The molecule has 1 aromatic rings. The van der Waals surface area contributed by atoms with Crippen LogP contribution in [0.5, 0.6) is 0 Å². The lowest BCUT2D eigenvalue weighted by atomic mass is 10.0. The fourth-order valence-electron chi connectivity index (χ4n) is 1.36. The number of benzene rings is 1. The first-order valence-corrected chi connectivity index (χ1v) is 4.80. The maximum atomic E-state index is 13.1. The van der Waals surface area contributed by atoms with E-state index in [1.54, 1.807) is 19.9 Å². The second kappa shape index (κ2) is 5.53. The van der Waals surface area contributed by atoms with E-state index < -0.39 is 5.82 Å². The van der Waals surface area contributed by atoms with Crippen LogP contribution in [0.15, 0.2) is 12.1 Å². The van der Waals surface area contributed by atoms with E-state index in [-0.39, 0.29) is 11.3 Å². The third kappa shape index (κ3) is 2.95. The third-order valence-electron chi connectivity index (χ3n) is 1.78. The zero-order valence-electron chi connectivity index (χ0n) is 9.44. The Balaban J connectivity index is 0.000000791. The highest BCUT2D eigenvalue weighted by atomic mass is 19.1. The Hall–Kier alpha value is -1.18.